The number of hydrogen-bond acceptors (Lipinski definition) is 13. The molecule has 1 aliphatic rings. The lowest BCUT2D eigenvalue weighted by molar-refractivity contribution is -0.243. The summed E-state index contributed by atoms with van der Waals surface area (Å²) in [6, 6.07) is 0. The van der Waals surface area contributed by atoms with Gasteiger partial charge in [0.1, 0.15) is 30.5 Å². The van der Waals surface area contributed by atoms with E-state index in [1.807, 2.05) is 0 Å². The number of carbonyl (C=O) groups excluding carboxylic acids is 1. The zero-order valence-corrected chi connectivity index (χ0v) is 20.4. The smallest absolute Gasteiger partial charge is 0.310 e. The van der Waals surface area contributed by atoms with Crippen LogP contribution in [-0.2, 0) is 33.2 Å². The molecular weight excluding hydrogens is 541 g/mol. The van der Waals surface area contributed by atoms with E-state index >= 15 is 0 Å². The fourth-order valence-electron chi connectivity index (χ4n) is 2.42. The van der Waals surface area contributed by atoms with E-state index in [2.05, 4.69) is 36.0 Å². The van der Waals surface area contributed by atoms with E-state index in [9.17, 15) is 25.2 Å². The highest BCUT2D eigenvalue weighted by atomic mass is 35.6. The molecule has 0 radical (unpaired) electrons. The van der Waals surface area contributed by atoms with Crippen molar-refractivity contribution in [2.24, 2.45) is 4.99 Å². The Labute approximate surface area is 214 Å². The second-order valence-corrected chi connectivity index (χ2v) is 8.92. The van der Waals surface area contributed by atoms with Crippen LogP contribution >= 0.6 is 34.8 Å². The lowest BCUT2D eigenvalue weighted by atomic mass is 9.95. The minimum Gasteiger partial charge on any atom is -0.407 e. The SMILES string of the molecule is C=C(OC(=C)OC(=C)OC(=NC1OC(C(O)CO)C(O)C(O)C1O)C(Cl)(Cl)Cl)OC(=C)OC(C)=O. The molecule has 198 valence electrons. The first-order valence-electron chi connectivity index (χ1n) is 9.35. The van der Waals surface area contributed by atoms with E-state index in [1.54, 1.807) is 0 Å². The van der Waals surface area contributed by atoms with Crippen LogP contribution in [0.1, 0.15) is 6.92 Å². The number of rotatable bonds is 11. The van der Waals surface area contributed by atoms with Gasteiger partial charge in [0, 0.05) is 6.92 Å². The van der Waals surface area contributed by atoms with Gasteiger partial charge in [-0.25, -0.2) is 4.99 Å². The number of alkyl halides is 3. The van der Waals surface area contributed by atoms with E-state index in [0.29, 0.717) is 0 Å². The zero-order valence-electron chi connectivity index (χ0n) is 18.2. The molecule has 1 rings (SSSR count). The lowest BCUT2D eigenvalue weighted by Crippen LogP contribution is -2.61. The van der Waals surface area contributed by atoms with Gasteiger partial charge >= 0.3 is 5.97 Å². The van der Waals surface area contributed by atoms with Crippen LogP contribution in [0.15, 0.2) is 55.1 Å². The molecule has 0 aliphatic carbocycles. The van der Waals surface area contributed by atoms with Crippen LogP contribution in [0.5, 0.6) is 0 Å². The van der Waals surface area contributed by atoms with Crippen LogP contribution in [0, 0.1) is 0 Å². The maximum Gasteiger partial charge on any atom is 0.310 e. The van der Waals surface area contributed by atoms with Crippen molar-refractivity contribution in [3.05, 3.63) is 50.1 Å². The molecule has 1 heterocycles. The van der Waals surface area contributed by atoms with Crippen LogP contribution < -0.4 is 0 Å². The van der Waals surface area contributed by atoms with Crippen molar-refractivity contribution in [3.63, 3.8) is 0 Å². The standard InChI is InChI=1S/C19H24Cl3NO12/c1-7(25)30-8(2)31-9(3)32-10(4)33-11(5)34-18(19(20,21)22)23-17-15(29)13(27)14(28)16(35-17)12(26)6-24/h12-17,24,26-29H,2-6H2,1H3. The monoisotopic (exact) mass is 563 g/mol. The van der Waals surface area contributed by atoms with Gasteiger partial charge in [0.15, 0.2) is 6.23 Å². The Morgan fingerprint density at radius 3 is 1.80 bits per heavy atom. The second-order valence-electron chi connectivity index (χ2n) is 6.63. The lowest BCUT2D eigenvalue weighted by Gasteiger charge is -2.40. The van der Waals surface area contributed by atoms with Gasteiger partial charge in [-0.1, -0.05) is 34.8 Å². The molecule has 5 N–H and O–H groups in total. The van der Waals surface area contributed by atoms with Gasteiger partial charge in [0.2, 0.25) is 5.90 Å². The summed E-state index contributed by atoms with van der Waals surface area (Å²) in [5, 5.41) is 49.1. The summed E-state index contributed by atoms with van der Waals surface area (Å²) < 4.78 is 27.3. The number of aliphatic imine (C=N–C) groups is 1. The molecule has 0 aromatic carbocycles. The maximum atomic E-state index is 10.8. The van der Waals surface area contributed by atoms with Gasteiger partial charge in [-0.05, 0) is 26.3 Å². The average molecular weight is 565 g/mol. The van der Waals surface area contributed by atoms with Crippen molar-refractivity contribution in [1.29, 1.82) is 0 Å². The summed E-state index contributed by atoms with van der Waals surface area (Å²) >= 11 is 17.5. The topological polar surface area (TPSA) is 186 Å². The molecule has 0 saturated carbocycles. The first-order chi connectivity index (χ1) is 16.1. The maximum absolute atomic E-state index is 10.8. The van der Waals surface area contributed by atoms with Crippen molar-refractivity contribution >= 4 is 46.7 Å². The number of ether oxygens (including phenoxy) is 6. The largest absolute Gasteiger partial charge is 0.407 e. The summed E-state index contributed by atoms with van der Waals surface area (Å²) in [7, 11) is 0. The van der Waals surface area contributed by atoms with Crippen LogP contribution in [0.25, 0.3) is 0 Å². The first-order valence-corrected chi connectivity index (χ1v) is 10.5. The molecule has 0 amide bonds. The molecule has 1 fully saturated rings. The molecule has 6 unspecified atom stereocenters. The molecule has 0 aromatic heterocycles. The number of halogens is 3. The Morgan fingerprint density at radius 2 is 1.37 bits per heavy atom. The van der Waals surface area contributed by atoms with E-state index in [1.165, 1.54) is 0 Å². The van der Waals surface area contributed by atoms with Gasteiger partial charge in [-0.2, -0.15) is 0 Å². The number of aliphatic hydroxyl groups is 5. The molecule has 35 heavy (non-hydrogen) atoms. The van der Waals surface area contributed by atoms with Gasteiger partial charge in [0.25, 0.3) is 27.6 Å². The Bertz CT molecular complexity index is 859. The van der Waals surface area contributed by atoms with E-state index in [4.69, 9.17) is 63.6 Å². The number of nitrogens with zero attached hydrogens (tertiary/aromatic N) is 1. The number of aliphatic hydroxyl groups excluding tert-OH is 5. The number of esters is 1. The third kappa shape index (κ3) is 9.83. The van der Waals surface area contributed by atoms with Crippen LogP contribution in [-0.4, -0.2) is 84.5 Å². The summed E-state index contributed by atoms with van der Waals surface area (Å²) in [6.07, 6.45) is -10.5. The third-order valence-electron chi connectivity index (χ3n) is 3.83. The molecule has 1 aliphatic heterocycles. The summed E-state index contributed by atoms with van der Waals surface area (Å²) in [6.45, 7) is 13.7. The number of hydrogen-bond donors (Lipinski definition) is 5. The predicted molar refractivity (Wildman–Crippen MR) is 120 cm³/mol. The van der Waals surface area contributed by atoms with E-state index in [-0.39, 0.29) is 0 Å². The van der Waals surface area contributed by atoms with Crippen LogP contribution in [0.3, 0.4) is 0 Å². The van der Waals surface area contributed by atoms with Gasteiger partial charge in [-0.15, -0.1) is 0 Å². The van der Waals surface area contributed by atoms with E-state index in [0.717, 1.165) is 6.92 Å². The van der Waals surface area contributed by atoms with Crippen molar-refractivity contribution in [3.8, 4) is 0 Å². The molecular formula is C19H24Cl3NO12. The Hall–Kier alpha value is -2.07. The molecule has 16 heteroatoms. The highest BCUT2D eigenvalue weighted by Gasteiger charge is 2.47. The van der Waals surface area contributed by atoms with Crippen molar-refractivity contribution < 1.29 is 58.7 Å². The molecule has 1 saturated heterocycles. The van der Waals surface area contributed by atoms with E-state index < -0.39 is 82.8 Å². The van der Waals surface area contributed by atoms with Gasteiger partial charge in [0.05, 0.1) is 6.61 Å². The fraction of sp³-hybridized carbons (Fsp3) is 0.474. The van der Waals surface area contributed by atoms with Crippen LogP contribution in [0.4, 0.5) is 0 Å². The fourth-order valence-corrected chi connectivity index (χ4v) is 2.68. The minimum absolute atomic E-state index is 0.445. The summed E-state index contributed by atoms with van der Waals surface area (Å²) in [5.41, 5.74) is 0. The second kappa shape index (κ2) is 13.3. The predicted octanol–water partition coefficient (Wildman–Crippen LogP) is 0.430. The van der Waals surface area contributed by atoms with Crippen molar-refractivity contribution in [2.45, 2.75) is 47.5 Å². The molecule has 13 nitrogen and oxygen atoms in total. The minimum atomic E-state index is -2.40. The Morgan fingerprint density at radius 1 is 0.914 bits per heavy atom. The zero-order chi connectivity index (χ0) is 27.1. The number of carbonyl (C=O) groups is 1. The Kier molecular flexibility index (Phi) is 11.8. The van der Waals surface area contributed by atoms with Gasteiger partial charge in [-0.3, -0.25) is 4.79 Å². The normalized spacial score (nSPS) is 25.6. The van der Waals surface area contributed by atoms with Gasteiger partial charge < -0.3 is 54.0 Å². The first kappa shape index (κ1) is 31.0. The van der Waals surface area contributed by atoms with Crippen molar-refractivity contribution in [1.82, 2.24) is 0 Å². The molecule has 0 aromatic rings. The van der Waals surface area contributed by atoms with Crippen molar-refractivity contribution in [2.75, 3.05) is 6.61 Å². The quantitative estimate of drug-likeness (QED) is 0.0767. The summed E-state index contributed by atoms with van der Waals surface area (Å²) in [4.78, 5) is 14.6. The molecule has 0 bridgehead atoms. The highest BCUT2D eigenvalue weighted by molar-refractivity contribution is 6.76. The molecule has 6 atom stereocenters. The Balaban J connectivity index is 2.90. The molecule has 0 spiro atoms. The van der Waals surface area contributed by atoms with Crippen LogP contribution in [0.2, 0.25) is 0 Å². The highest BCUT2D eigenvalue weighted by Crippen LogP contribution is 2.32. The average Bonchev–Trinajstić information content (AvgIpc) is 2.70. The summed E-state index contributed by atoms with van der Waals surface area (Å²) in [5.74, 6) is -3.57. The third-order valence-corrected chi connectivity index (χ3v) is 4.31.